The van der Waals surface area contributed by atoms with Crippen LogP contribution in [-0.4, -0.2) is 93.1 Å². The Bertz CT molecular complexity index is 1900. The molecule has 54 heavy (non-hydrogen) atoms. The number of hydrogen-bond donors (Lipinski definition) is 6. The van der Waals surface area contributed by atoms with Crippen LogP contribution in [0.3, 0.4) is 0 Å². The topological polar surface area (TPSA) is 228 Å². The van der Waals surface area contributed by atoms with Gasteiger partial charge in [-0.1, -0.05) is 45.9 Å². The van der Waals surface area contributed by atoms with E-state index in [2.05, 4.69) is 5.32 Å². The van der Waals surface area contributed by atoms with Crippen molar-refractivity contribution in [2.75, 3.05) is 19.0 Å². The van der Waals surface area contributed by atoms with E-state index in [0.29, 0.717) is 0 Å². The molecule has 0 radical (unpaired) electrons. The Kier molecular flexibility index (Phi) is 12.8. The zero-order valence-electron chi connectivity index (χ0n) is 31.7. The fraction of sp³-hybridized carbons (Fsp3) is 0.487. The van der Waals surface area contributed by atoms with Gasteiger partial charge in [0.1, 0.15) is 30.0 Å². The van der Waals surface area contributed by atoms with Gasteiger partial charge < -0.3 is 54.5 Å². The number of amides is 1. The molecule has 0 fully saturated rings. The Morgan fingerprint density at radius 3 is 2.24 bits per heavy atom. The molecule has 3 aliphatic rings. The Labute approximate surface area is 312 Å². The molecule has 6 N–H and O–H groups in total. The van der Waals surface area contributed by atoms with Crippen LogP contribution in [0.1, 0.15) is 64.4 Å². The third-order valence-corrected chi connectivity index (χ3v) is 10.2. The predicted octanol–water partition coefficient (Wildman–Crippen LogP) is 3.95. The molecule has 0 saturated heterocycles. The van der Waals surface area contributed by atoms with Crippen LogP contribution in [0.15, 0.2) is 42.2 Å². The van der Waals surface area contributed by atoms with Crippen LogP contribution in [0.2, 0.25) is 0 Å². The van der Waals surface area contributed by atoms with E-state index in [9.17, 15) is 44.7 Å². The minimum Gasteiger partial charge on any atom is -0.507 e. The van der Waals surface area contributed by atoms with E-state index in [0.717, 1.165) is 12.3 Å². The number of anilines is 1. The number of benzene rings is 2. The summed E-state index contributed by atoms with van der Waals surface area (Å²) < 4.78 is 28.7. The number of aromatic hydroxyl groups is 2. The van der Waals surface area contributed by atoms with Crippen LogP contribution in [0.5, 0.6) is 23.0 Å². The molecule has 0 aliphatic carbocycles. The van der Waals surface area contributed by atoms with Gasteiger partial charge in [-0.2, -0.15) is 0 Å². The number of methoxy groups -OCH3 is 1. The third-order valence-electron chi connectivity index (χ3n) is 10.2. The number of hydrogen-bond acceptors (Lipinski definition) is 14. The first-order valence-corrected chi connectivity index (χ1v) is 17.5. The average molecular weight is 756 g/mol. The van der Waals surface area contributed by atoms with Crippen molar-refractivity contribution in [3.8, 4) is 23.0 Å². The highest BCUT2D eigenvalue weighted by Crippen LogP contribution is 2.54. The molecule has 9 atom stereocenters. The van der Waals surface area contributed by atoms with E-state index in [1.807, 2.05) is 0 Å². The number of ketones is 1. The lowest BCUT2D eigenvalue weighted by molar-refractivity contribution is -0.160. The SMILES string of the molecule is COC1/C=C/OC2(C)Oc3c(C)c(O)c4c(O)c(cc(OC(=O)CO)c4c3C2=O)NC(=O)/C(C)=C/C=C/C(C)C(O)C(C)C(O)C(C)C(OC(C)=O)C1C. The predicted molar refractivity (Wildman–Crippen MR) is 195 cm³/mol. The smallest absolute Gasteiger partial charge is 0.337 e. The highest BCUT2D eigenvalue weighted by molar-refractivity contribution is 6.21. The number of esters is 2. The number of Topliss-reactive ketones (excluding diaryl/α,β-unsaturated/α-hetero) is 1. The van der Waals surface area contributed by atoms with E-state index in [4.69, 9.17) is 23.7 Å². The maximum absolute atomic E-state index is 14.2. The fourth-order valence-electron chi connectivity index (χ4n) is 6.87. The monoisotopic (exact) mass is 755 g/mol. The van der Waals surface area contributed by atoms with E-state index in [-0.39, 0.29) is 38.9 Å². The van der Waals surface area contributed by atoms with Crippen molar-refractivity contribution in [1.82, 2.24) is 0 Å². The molecular formula is C39H49NO14. The van der Waals surface area contributed by atoms with Crippen LogP contribution in [0.4, 0.5) is 5.69 Å². The van der Waals surface area contributed by atoms with E-state index >= 15 is 0 Å². The van der Waals surface area contributed by atoms with E-state index < -0.39 is 101 Å². The van der Waals surface area contributed by atoms with Crippen molar-refractivity contribution < 1.29 is 68.4 Å². The Hall–Kier alpha value is -4.96. The molecule has 0 spiro atoms. The molecule has 1 amide bonds. The van der Waals surface area contributed by atoms with E-state index in [1.165, 1.54) is 47.0 Å². The summed E-state index contributed by atoms with van der Waals surface area (Å²) in [6, 6.07) is 1.07. The number of phenolic OH excluding ortho intramolecular Hbond substituents is 2. The second-order valence-corrected chi connectivity index (χ2v) is 14.0. The summed E-state index contributed by atoms with van der Waals surface area (Å²) >= 11 is 0. The molecule has 9 unspecified atom stereocenters. The number of phenols is 2. The summed E-state index contributed by atoms with van der Waals surface area (Å²) in [5.74, 6) is -9.62. The lowest BCUT2D eigenvalue weighted by Gasteiger charge is -2.38. The summed E-state index contributed by atoms with van der Waals surface area (Å²) in [5.41, 5.74) is -0.365. The standard InChI is InChI=1S/C39H49NO14/c1-17-11-10-12-18(2)38(49)40-24-15-26(53-27(43)16-41)28-29(34(24)47)33(46)22(6)36-30(28)37(48)39(8,54-36)51-14-13-25(50-9)19(3)35(52-23(7)42)21(5)32(45)20(4)31(17)44/h10-15,17,19-21,25,31-32,35,41,44-47H,16H2,1-9H3,(H,40,49)/b11-10+,14-13+,18-12+. The Morgan fingerprint density at radius 1 is 0.963 bits per heavy atom. The number of allylic oxidation sites excluding steroid dienone is 2. The van der Waals surface area contributed by atoms with Gasteiger partial charge in [-0.25, -0.2) is 4.79 Å². The average Bonchev–Trinajstić information content (AvgIpc) is 3.39. The minimum atomic E-state index is -2.07. The number of aliphatic hydroxyl groups is 3. The molecule has 294 valence electrons. The van der Waals surface area contributed by atoms with Gasteiger partial charge in [0, 0.05) is 67.2 Å². The Balaban J connectivity index is 1.94. The molecule has 5 rings (SSSR count). The van der Waals surface area contributed by atoms with Crippen molar-refractivity contribution in [3.05, 3.63) is 53.3 Å². The molecule has 2 aromatic rings. The van der Waals surface area contributed by atoms with E-state index in [1.54, 1.807) is 39.8 Å². The molecule has 15 heteroatoms. The number of aliphatic hydroxyl groups excluding tert-OH is 3. The largest absolute Gasteiger partial charge is 0.507 e. The summed E-state index contributed by atoms with van der Waals surface area (Å²) in [7, 11) is 1.41. The molecule has 15 nitrogen and oxygen atoms in total. The zero-order chi connectivity index (χ0) is 40.4. The van der Waals surface area contributed by atoms with Gasteiger partial charge >= 0.3 is 17.7 Å². The third kappa shape index (κ3) is 8.09. The maximum atomic E-state index is 14.2. The first-order chi connectivity index (χ1) is 25.3. The lowest BCUT2D eigenvalue weighted by Crippen LogP contribution is -2.46. The van der Waals surface area contributed by atoms with Crippen LogP contribution >= 0.6 is 0 Å². The van der Waals surface area contributed by atoms with Gasteiger partial charge in [-0.3, -0.25) is 14.4 Å². The minimum absolute atomic E-state index is 0.0118. The van der Waals surface area contributed by atoms with Crippen LogP contribution in [0, 0.1) is 30.6 Å². The number of carbonyl (C=O) groups excluding carboxylic acids is 4. The molecular weight excluding hydrogens is 706 g/mol. The second kappa shape index (κ2) is 16.6. The van der Waals surface area contributed by atoms with Crippen LogP contribution < -0.4 is 14.8 Å². The normalized spacial score (nSPS) is 31.5. The zero-order valence-corrected chi connectivity index (χ0v) is 31.7. The lowest BCUT2D eigenvalue weighted by atomic mass is 9.78. The molecule has 2 aromatic carbocycles. The first-order valence-electron chi connectivity index (χ1n) is 17.5. The maximum Gasteiger partial charge on any atom is 0.337 e. The van der Waals surface area contributed by atoms with Gasteiger partial charge in [0.25, 0.3) is 11.7 Å². The first kappa shape index (κ1) is 41.8. The second-order valence-electron chi connectivity index (χ2n) is 14.0. The summed E-state index contributed by atoms with van der Waals surface area (Å²) in [5, 5.41) is 56.9. The number of rotatable bonds is 4. The quantitative estimate of drug-likeness (QED) is 0.148. The molecule has 3 heterocycles. The van der Waals surface area contributed by atoms with Crippen molar-refractivity contribution in [2.45, 2.75) is 85.6 Å². The summed E-state index contributed by atoms with van der Waals surface area (Å²) in [6.07, 6.45) is 3.32. The summed E-state index contributed by atoms with van der Waals surface area (Å²) in [6.45, 7) is 11.2. The number of fused-ring (bicyclic) bond motifs is 14. The van der Waals surface area contributed by atoms with Crippen molar-refractivity contribution in [3.63, 3.8) is 0 Å². The molecule has 0 saturated carbocycles. The van der Waals surface area contributed by atoms with Gasteiger partial charge in [0.05, 0.1) is 41.2 Å². The van der Waals surface area contributed by atoms with Crippen LogP contribution in [0.25, 0.3) is 10.8 Å². The highest BCUT2D eigenvalue weighted by Gasteiger charge is 2.50. The summed E-state index contributed by atoms with van der Waals surface area (Å²) in [4.78, 5) is 52.2. The van der Waals surface area contributed by atoms with Gasteiger partial charge in [0.15, 0.2) is 5.75 Å². The highest BCUT2D eigenvalue weighted by atomic mass is 16.7. The van der Waals surface area contributed by atoms with Crippen LogP contribution in [-0.2, 0) is 28.6 Å². The molecule has 5 bridgehead atoms. The van der Waals surface area contributed by atoms with Crippen molar-refractivity contribution >= 4 is 40.1 Å². The number of ether oxygens (including phenoxy) is 5. The fourth-order valence-corrected chi connectivity index (χ4v) is 6.87. The number of carbonyl (C=O) groups is 4. The van der Waals surface area contributed by atoms with Gasteiger partial charge in [-0.05, 0) is 19.9 Å². The number of nitrogens with one attached hydrogen (secondary N) is 1. The molecule has 0 aromatic heterocycles. The van der Waals surface area contributed by atoms with Crippen molar-refractivity contribution in [2.24, 2.45) is 23.7 Å². The Morgan fingerprint density at radius 2 is 1.63 bits per heavy atom. The van der Waals surface area contributed by atoms with Gasteiger partial charge in [-0.15, -0.1) is 0 Å². The molecule has 3 aliphatic heterocycles. The van der Waals surface area contributed by atoms with Crippen molar-refractivity contribution in [1.29, 1.82) is 0 Å². The van der Waals surface area contributed by atoms with Gasteiger partial charge in [0.2, 0.25) is 0 Å².